The summed E-state index contributed by atoms with van der Waals surface area (Å²) in [5, 5.41) is 9.17. The number of rotatable bonds is 4. The van der Waals surface area contributed by atoms with Crippen molar-refractivity contribution in [1.82, 2.24) is 4.90 Å². The highest BCUT2D eigenvalue weighted by molar-refractivity contribution is 6.28. The number of aliphatic carboxylic acids is 1. The topological polar surface area (TPSA) is 53.7 Å². The molecule has 0 aliphatic rings. The normalized spacial score (nSPS) is 13.1. The zero-order valence-electron chi connectivity index (χ0n) is 8.03. The lowest BCUT2D eigenvalue weighted by Gasteiger charge is -2.14. The summed E-state index contributed by atoms with van der Waals surface area (Å²) in [4.78, 5) is 12.7. The molecule has 0 aromatic carbocycles. The molecule has 1 unspecified atom stereocenters. The van der Waals surface area contributed by atoms with Gasteiger partial charge < -0.3 is 14.4 Å². The molecule has 0 spiro atoms. The molecular formula is C9H12ClNO3. The highest BCUT2D eigenvalue weighted by Crippen LogP contribution is 2.22. The van der Waals surface area contributed by atoms with Gasteiger partial charge in [-0.1, -0.05) is 0 Å². The van der Waals surface area contributed by atoms with Gasteiger partial charge in [0.25, 0.3) is 0 Å². The Hall–Kier alpha value is -1.00. The zero-order valence-corrected chi connectivity index (χ0v) is 8.78. The van der Waals surface area contributed by atoms with E-state index in [1.54, 1.807) is 31.1 Å². The zero-order chi connectivity index (χ0) is 10.7. The Morgan fingerprint density at radius 1 is 1.64 bits per heavy atom. The highest BCUT2D eigenvalue weighted by Gasteiger charge is 2.23. The van der Waals surface area contributed by atoms with Crippen LogP contribution in [0.5, 0.6) is 0 Å². The first-order valence-corrected chi connectivity index (χ1v) is 4.51. The second-order valence-corrected chi connectivity index (χ2v) is 3.67. The molecule has 1 atom stereocenters. The van der Waals surface area contributed by atoms with Crippen LogP contribution in [0.15, 0.2) is 16.5 Å². The summed E-state index contributed by atoms with van der Waals surface area (Å²) in [7, 11) is 3.61. The molecule has 1 aromatic rings. The molecule has 78 valence electrons. The van der Waals surface area contributed by atoms with Crippen molar-refractivity contribution in [2.45, 2.75) is 5.92 Å². The Labute approximate surface area is 87.1 Å². The fourth-order valence-electron chi connectivity index (χ4n) is 1.17. The lowest BCUT2D eigenvalue weighted by Crippen LogP contribution is -2.25. The van der Waals surface area contributed by atoms with Gasteiger partial charge in [-0.15, -0.1) is 0 Å². The molecule has 1 N–H and O–H groups in total. The van der Waals surface area contributed by atoms with Gasteiger partial charge in [-0.25, -0.2) is 0 Å². The van der Waals surface area contributed by atoms with Crippen LogP contribution in [0.2, 0.25) is 5.22 Å². The molecule has 1 heterocycles. The fraction of sp³-hybridized carbons (Fsp3) is 0.444. The molecule has 5 heteroatoms. The van der Waals surface area contributed by atoms with Crippen molar-refractivity contribution in [3.05, 3.63) is 23.1 Å². The van der Waals surface area contributed by atoms with E-state index in [0.29, 0.717) is 12.3 Å². The van der Waals surface area contributed by atoms with Crippen LogP contribution >= 0.6 is 11.6 Å². The second-order valence-electron chi connectivity index (χ2n) is 3.29. The third kappa shape index (κ3) is 2.75. The van der Waals surface area contributed by atoms with E-state index in [2.05, 4.69) is 0 Å². The number of carboxylic acid groups (broad SMARTS) is 1. The molecule has 0 fully saturated rings. The minimum absolute atomic E-state index is 0.213. The summed E-state index contributed by atoms with van der Waals surface area (Å²) in [5.74, 6) is -1.20. The average molecular weight is 218 g/mol. The van der Waals surface area contributed by atoms with Crippen molar-refractivity contribution in [2.75, 3.05) is 20.6 Å². The van der Waals surface area contributed by atoms with E-state index in [-0.39, 0.29) is 5.22 Å². The quantitative estimate of drug-likeness (QED) is 0.834. The summed E-state index contributed by atoms with van der Waals surface area (Å²) >= 11 is 5.57. The maximum absolute atomic E-state index is 10.9. The molecule has 1 aromatic heterocycles. The molecule has 0 aliphatic carbocycles. The van der Waals surface area contributed by atoms with Crippen LogP contribution in [0, 0.1) is 0 Å². The largest absolute Gasteiger partial charge is 0.481 e. The average Bonchev–Trinajstić information content (AvgIpc) is 2.46. The van der Waals surface area contributed by atoms with E-state index in [1.165, 1.54) is 0 Å². The van der Waals surface area contributed by atoms with Gasteiger partial charge in [0.05, 0.1) is 0 Å². The number of furan rings is 1. The van der Waals surface area contributed by atoms with Gasteiger partial charge in [0.1, 0.15) is 11.7 Å². The van der Waals surface area contributed by atoms with Crippen molar-refractivity contribution in [3.63, 3.8) is 0 Å². The summed E-state index contributed by atoms with van der Waals surface area (Å²) in [6.07, 6.45) is 0. The minimum Gasteiger partial charge on any atom is -0.481 e. The number of halogens is 1. The molecule has 0 saturated carbocycles. The Balaban J connectivity index is 2.83. The number of hydrogen-bond donors (Lipinski definition) is 1. The summed E-state index contributed by atoms with van der Waals surface area (Å²) in [6.45, 7) is 0.388. The second kappa shape index (κ2) is 4.48. The molecule has 4 nitrogen and oxygen atoms in total. The van der Waals surface area contributed by atoms with Gasteiger partial charge >= 0.3 is 5.97 Å². The van der Waals surface area contributed by atoms with Crippen molar-refractivity contribution in [3.8, 4) is 0 Å². The predicted molar refractivity (Wildman–Crippen MR) is 52.6 cm³/mol. The van der Waals surface area contributed by atoms with E-state index in [9.17, 15) is 4.79 Å². The first-order chi connectivity index (χ1) is 6.50. The van der Waals surface area contributed by atoms with Crippen molar-refractivity contribution < 1.29 is 14.3 Å². The van der Waals surface area contributed by atoms with Crippen molar-refractivity contribution >= 4 is 17.6 Å². The fourth-order valence-corrected chi connectivity index (χ4v) is 1.32. The number of nitrogens with zero attached hydrogens (tertiary/aromatic N) is 1. The standard InChI is InChI=1S/C9H12ClNO3/c1-11(2)5-6(9(12)13)7-3-4-8(10)14-7/h3-4,6H,5H2,1-2H3,(H,12,13). The van der Waals surface area contributed by atoms with Gasteiger partial charge in [0.15, 0.2) is 5.22 Å². The van der Waals surface area contributed by atoms with Crippen LogP contribution in [-0.2, 0) is 4.79 Å². The van der Waals surface area contributed by atoms with E-state index in [1.807, 2.05) is 0 Å². The van der Waals surface area contributed by atoms with Gasteiger partial charge in [-0.05, 0) is 37.8 Å². The SMILES string of the molecule is CN(C)CC(C(=O)O)c1ccc(Cl)o1. The maximum atomic E-state index is 10.9. The summed E-state index contributed by atoms with van der Waals surface area (Å²) in [6, 6.07) is 3.13. The smallest absolute Gasteiger partial charge is 0.315 e. The van der Waals surface area contributed by atoms with Gasteiger partial charge in [-0.2, -0.15) is 0 Å². The Bertz CT molecular complexity index is 322. The predicted octanol–water partition coefficient (Wildman–Crippen LogP) is 1.66. The minimum atomic E-state index is -0.912. The van der Waals surface area contributed by atoms with E-state index in [0.717, 1.165) is 0 Å². The van der Waals surface area contributed by atoms with E-state index in [4.69, 9.17) is 21.1 Å². The lowest BCUT2D eigenvalue weighted by molar-refractivity contribution is -0.139. The molecule has 0 radical (unpaired) electrons. The summed E-state index contributed by atoms with van der Waals surface area (Å²) in [5.41, 5.74) is 0. The first-order valence-electron chi connectivity index (χ1n) is 4.13. The highest BCUT2D eigenvalue weighted by atomic mass is 35.5. The number of carbonyl (C=O) groups is 1. The van der Waals surface area contributed by atoms with E-state index >= 15 is 0 Å². The van der Waals surface area contributed by atoms with Crippen LogP contribution in [0.3, 0.4) is 0 Å². The maximum Gasteiger partial charge on any atom is 0.315 e. The van der Waals surface area contributed by atoms with Gasteiger partial charge in [0.2, 0.25) is 0 Å². The van der Waals surface area contributed by atoms with Gasteiger partial charge in [-0.3, -0.25) is 4.79 Å². The van der Waals surface area contributed by atoms with Crippen LogP contribution in [0.1, 0.15) is 11.7 Å². The molecule has 0 aliphatic heterocycles. The third-order valence-electron chi connectivity index (χ3n) is 1.78. The van der Waals surface area contributed by atoms with Crippen LogP contribution in [0.25, 0.3) is 0 Å². The first kappa shape index (κ1) is 11.1. The lowest BCUT2D eigenvalue weighted by atomic mass is 10.1. The molecular weight excluding hydrogens is 206 g/mol. The molecule has 14 heavy (non-hydrogen) atoms. The Morgan fingerprint density at radius 2 is 2.29 bits per heavy atom. The Morgan fingerprint density at radius 3 is 2.64 bits per heavy atom. The van der Waals surface area contributed by atoms with Crippen molar-refractivity contribution in [1.29, 1.82) is 0 Å². The third-order valence-corrected chi connectivity index (χ3v) is 1.99. The Kier molecular flexibility index (Phi) is 3.55. The van der Waals surface area contributed by atoms with Crippen LogP contribution in [-0.4, -0.2) is 36.6 Å². The van der Waals surface area contributed by atoms with Gasteiger partial charge in [0, 0.05) is 6.54 Å². The number of hydrogen-bond acceptors (Lipinski definition) is 3. The molecule has 0 saturated heterocycles. The number of carboxylic acids is 1. The van der Waals surface area contributed by atoms with Crippen LogP contribution < -0.4 is 0 Å². The van der Waals surface area contributed by atoms with Crippen molar-refractivity contribution in [2.24, 2.45) is 0 Å². The number of likely N-dealkylation sites (N-methyl/N-ethyl adjacent to an activating group) is 1. The van der Waals surface area contributed by atoms with E-state index < -0.39 is 11.9 Å². The molecule has 1 rings (SSSR count). The van der Waals surface area contributed by atoms with Crippen LogP contribution in [0.4, 0.5) is 0 Å². The summed E-state index contributed by atoms with van der Waals surface area (Å²) < 4.78 is 5.07. The molecule has 0 bridgehead atoms. The molecule has 0 amide bonds. The monoisotopic (exact) mass is 217 g/mol.